The van der Waals surface area contributed by atoms with Gasteiger partial charge in [-0.3, -0.25) is 4.79 Å². The van der Waals surface area contributed by atoms with Crippen LogP contribution in [0.3, 0.4) is 0 Å². The zero-order chi connectivity index (χ0) is 23.9. The van der Waals surface area contributed by atoms with Crippen molar-refractivity contribution in [2.75, 3.05) is 44.8 Å². The van der Waals surface area contributed by atoms with Crippen LogP contribution in [0.4, 0.5) is 5.88 Å². The van der Waals surface area contributed by atoms with Gasteiger partial charge in [0.25, 0.3) is 5.89 Å². The molecule has 1 aromatic carbocycles. The summed E-state index contributed by atoms with van der Waals surface area (Å²) in [6.45, 7) is 2.46. The highest BCUT2D eigenvalue weighted by Gasteiger charge is 2.27. The molecule has 0 radical (unpaired) electrons. The highest BCUT2D eigenvalue weighted by atomic mass is 16.5. The van der Waals surface area contributed by atoms with Gasteiger partial charge in [-0.1, -0.05) is 0 Å². The minimum Gasteiger partial charge on any atom is -0.493 e. The first-order valence-electron chi connectivity index (χ1n) is 10.8. The molecule has 3 heterocycles. The van der Waals surface area contributed by atoms with Crippen molar-refractivity contribution in [3.63, 3.8) is 0 Å². The van der Waals surface area contributed by atoms with Gasteiger partial charge in [0, 0.05) is 38.7 Å². The van der Waals surface area contributed by atoms with Crippen molar-refractivity contribution in [1.82, 2.24) is 9.88 Å². The van der Waals surface area contributed by atoms with Gasteiger partial charge in [-0.2, -0.15) is 15.5 Å². The highest BCUT2D eigenvalue weighted by molar-refractivity contribution is 5.76. The number of ether oxygens (including phenoxy) is 2. The summed E-state index contributed by atoms with van der Waals surface area (Å²) in [5.74, 6) is 2.18. The van der Waals surface area contributed by atoms with Crippen LogP contribution in [-0.2, 0) is 4.79 Å². The predicted octanol–water partition coefficient (Wildman–Crippen LogP) is 3.19. The summed E-state index contributed by atoms with van der Waals surface area (Å²) < 4.78 is 22.1. The van der Waals surface area contributed by atoms with Crippen LogP contribution in [0.15, 0.2) is 45.4 Å². The van der Waals surface area contributed by atoms with Crippen LogP contribution in [0.1, 0.15) is 24.1 Å². The van der Waals surface area contributed by atoms with E-state index < -0.39 is 0 Å². The minimum atomic E-state index is 0.0457. The Morgan fingerprint density at radius 1 is 1.15 bits per heavy atom. The smallest absolute Gasteiger partial charge is 0.266 e. The maximum atomic E-state index is 12.6. The summed E-state index contributed by atoms with van der Waals surface area (Å²) in [5.41, 5.74) is 0.685. The number of nitriles is 2. The van der Waals surface area contributed by atoms with Crippen LogP contribution in [0.5, 0.6) is 11.5 Å². The normalized spacial score (nSPS) is 13.3. The van der Waals surface area contributed by atoms with Gasteiger partial charge in [0.05, 0.1) is 31.6 Å². The summed E-state index contributed by atoms with van der Waals surface area (Å²) in [5, 5.41) is 18.4. The largest absolute Gasteiger partial charge is 0.493 e. The van der Waals surface area contributed by atoms with Crippen molar-refractivity contribution >= 4 is 11.8 Å². The third kappa shape index (κ3) is 4.97. The Labute approximate surface area is 196 Å². The standard InChI is InChI=1S/C24H23N5O5/c1-31-21-14-17(15-25)6-7-19(21)32-13-3-5-22(30)28-8-10-29(11-9-28)24-18(16-26)27-23(34-24)20-4-2-12-33-20/h2,4,6-7,12,14H,3,5,8-11,13H2,1H3. The number of benzene rings is 1. The van der Waals surface area contributed by atoms with E-state index in [1.165, 1.54) is 13.4 Å². The average molecular weight is 461 g/mol. The molecule has 1 fully saturated rings. The van der Waals surface area contributed by atoms with Gasteiger partial charge in [-0.05, 0) is 30.7 Å². The number of piperazine rings is 1. The Bertz CT molecular complexity index is 1210. The zero-order valence-electron chi connectivity index (χ0n) is 18.7. The van der Waals surface area contributed by atoms with Crippen LogP contribution in [0.2, 0.25) is 0 Å². The number of furan rings is 1. The summed E-state index contributed by atoms with van der Waals surface area (Å²) in [6, 6.07) is 12.5. The number of methoxy groups -OCH3 is 1. The molecule has 10 heteroatoms. The molecule has 0 atom stereocenters. The minimum absolute atomic E-state index is 0.0457. The van der Waals surface area contributed by atoms with Crippen molar-refractivity contribution < 1.29 is 23.1 Å². The van der Waals surface area contributed by atoms with Gasteiger partial charge in [0.15, 0.2) is 17.3 Å². The second-order valence-corrected chi connectivity index (χ2v) is 7.56. The summed E-state index contributed by atoms with van der Waals surface area (Å²) >= 11 is 0. The quantitative estimate of drug-likeness (QED) is 0.464. The van der Waals surface area contributed by atoms with Crippen LogP contribution >= 0.6 is 0 Å². The molecule has 10 nitrogen and oxygen atoms in total. The van der Waals surface area contributed by atoms with E-state index >= 15 is 0 Å². The molecule has 4 rings (SSSR count). The van der Waals surface area contributed by atoms with Gasteiger partial charge >= 0.3 is 0 Å². The van der Waals surface area contributed by atoms with E-state index in [0.29, 0.717) is 74.3 Å². The number of aromatic nitrogens is 1. The lowest BCUT2D eigenvalue weighted by Gasteiger charge is -2.34. The lowest BCUT2D eigenvalue weighted by Crippen LogP contribution is -2.48. The first kappa shape index (κ1) is 22.7. The second kappa shape index (κ2) is 10.5. The molecule has 0 N–H and O–H groups in total. The molecular formula is C24H23N5O5. The van der Waals surface area contributed by atoms with Crippen molar-refractivity contribution in [3.8, 4) is 35.3 Å². The Morgan fingerprint density at radius 3 is 2.65 bits per heavy atom. The van der Waals surface area contributed by atoms with Crippen LogP contribution < -0.4 is 14.4 Å². The number of nitrogens with zero attached hydrogens (tertiary/aromatic N) is 5. The monoisotopic (exact) mass is 461 g/mol. The van der Waals surface area contributed by atoms with Gasteiger partial charge in [0.2, 0.25) is 17.5 Å². The molecule has 174 valence electrons. The molecular weight excluding hydrogens is 438 g/mol. The van der Waals surface area contributed by atoms with Crippen molar-refractivity contribution in [2.45, 2.75) is 12.8 Å². The third-order valence-corrected chi connectivity index (χ3v) is 5.45. The van der Waals surface area contributed by atoms with Crippen LogP contribution in [0, 0.1) is 22.7 Å². The number of hydrogen-bond acceptors (Lipinski definition) is 9. The Hall–Kier alpha value is -4.44. The molecule has 3 aromatic rings. The van der Waals surface area contributed by atoms with E-state index in [-0.39, 0.29) is 17.5 Å². The van der Waals surface area contributed by atoms with Crippen LogP contribution in [0.25, 0.3) is 11.7 Å². The van der Waals surface area contributed by atoms with E-state index in [2.05, 4.69) is 17.1 Å². The lowest BCUT2D eigenvalue weighted by atomic mass is 10.2. The topological polar surface area (TPSA) is 129 Å². The number of hydrogen-bond donors (Lipinski definition) is 0. The summed E-state index contributed by atoms with van der Waals surface area (Å²) in [6.07, 6.45) is 2.42. The molecule has 0 aliphatic carbocycles. The molecule has 2 aromatic heterocycles. The van der Waals surface area contributed by atoms with Gasteiger partial charge in [0.1, 0.15) is 6.07 Å². The predicted molar refractivity (Wildman–Crippen MR) is 120 cm³/mol. The van der Waals surface area contributed by atoms with E-state index in [9.17, 15) is 10.1 Å². The van der Waals surface area contributed by atoms with Gasteiger partial charge in [-0.25, -0.2) is 0 Å². The highest BCUT2D eigenvalue weighted by Crippen LogP contribution is 2.30. The molecule has 34 heavy (non-hydrogen) atoms. The lowest BCUT2D eigenvalue weighted by molar-refractivity contribution is -0.131. The SMILES string of the molecule is COc1cc(C#N)ccc1OCCCC(=O)N1CCN(c2oc(-c3ccco3)nc2C#N)CC1. The molecule has 0 spiro atoms. The molecule has 1 aliphatic heterocycles. The first-order valence-corrected chi connectivity index (χ1v) is 10.8. The van der Waals surface area contributed by atoms with Crippen LogP contribution in [-0.4, -0.2) is 55.7 Å². The molecule has 0 bridgehead atoms. The molecule has 1 aliphatic rings. The Kier molecular flexibility index (Phi) is 6.99. The van der Waals surface area contributed by atoms with Gasteiger partial charge in [-0.15, -0.1) is 0 Å². The van der Waals surface area contributed by atoms with E-state index in [1.54, 1.807) is 35.2 Å². The van der Waals surface area contributed by atoms with E-state index in [1.807, 2.05) is 4.90 Å². The molecule has 0 saturated carbocycles. The fourth-order valence-corrected chi connectivity index (χ4v) is 3.68. The fraction of sp³-hybridized carbons (Fsp3) is 0.333. The number of carbonyl (C=O) groups is 1. The summed E-state index contributed by atoms with van der Waals surface area (Å²) in [4.78, 5) is 20.6. The second-order valence-electron chi connectivity index (χ2n) is 7.56. The Balaban J connectivity index is 1.25. The Morgan fingerprint density at radius 2 is 1.97 bits per heavy atom. The van der Waals surface area contributed by atoms with E-state index in [0.717, 1.165) is 0 Å². The van der Waals surface area contributed by atoms with Gasteiger partial charge < -0.3 is 28.1 Å². The van der Waals surface area contributed by atoms with E-state index in [4.69, 9.17) is 23.6 Å². The zero-order valence-corrected chi connectivity index (χ0v) is 18.7. The maximum Gasteiger partial charge on any atom is 0.266 e. The fourth-order valence-electron chi connectivity index (χ4n) is 3.68. The first-order chi connectivity index (χ1) is 16.6. The number of amides is 1. The maximum absolute atomic E-state index is 12.6. The third-order valence-electron chi connectivity index (χ3n) is 5.45. The number of anilines is 1. The molecule has 1 amide bonds. The molecule has 1 saturated heterocycles. The van der Waals surface area contributed by atoms with Crippen molar-refractivity contribution in [2.24, 2.45) is 0 Å². The van der Waals surface area contributed by atoms with Crippen molar-refractivity contribution in [3.05, 3.63) is 47.9 Å². The number of carbonyl (C=O) groups excluding carboxylic acids is 1. The summed E-state index contributed by atoms with van der Waals surface area (Å²) in [7, 11) is 1.52. The average Bonchev–Trinajstić information content (AvgIpc) is 3.56. The number of oxazole rings is 1. The molecule has 0 unspecified atom stereocenters. The number of rotatable bonds is 8. The van der Waals surface area contributed by atoms with Crippen molar-refractivity contribution in [1.29, 1.82) is 10.5 Å².